The highest BCUT2D eigenvalue weighted by Gasteiger charge is 2.34. The van der Waals surface area contributed by atoms with E-state index in [4.69, 9.17) is 16.3 Å². The van der Waals surface area contributed by atoms with Gasteiger partial charge in [-0.3, -0.25) is 13.9 Å². The van der Waals surface area contributed by atoms with Crippen LogP contribution >= 0.6 is 11.6 Å². The topological polar surface area (TPSA) is 96.0 Å². The summed E-state index contributed by atoms with van der Waals surface area (Å²) in [6, 6.07) is 17.6. The molecule has 0 unspecified atom stereocenters. The maximum absolute atomic E-state index is 14.1. The first-order valence-electron chi connectivity index (χ1n) is 13.2. The van der Waals surface area contributed by atoms with Crippen LogP contribution in [0.4, 0.5) is 5.69 Å². The number of nitrogens with zero attached hydrogens (tertiary/aromatic N) is 2. The average Bonchev–Trinajstić information content (AvgIpc) is 2.89. The Balaban J connectivity index is 2.11. The number of carbonyl (C=O) groups is 2. The summed E-state index contributed by atoms with van der Waals surface area (Å²) in [5, 5.41) is 3.19. The molecular weight excluding hydrogens is 562 g/mol. The van der Waals surface area contributed by atoms with E-state index in [0.717, 1.165) is 21.0 Å². The number of hydrogen-bond acceptors (Lipinski definition) is 5. The minimum absolute atomic E-state index is 0.00156. The molecule has 41 heavy (non-hydrogen) atoms. The fourth-order valence-corrected chi connectivity index (χ4v) is 5.86. The van der Waals surface area contributed by atoms with E-state index >= 15 is 0 Å². The summed E-state index contributed by atoms with van der Waals surface area (Å²) in [5.41, 5.74) is 2.26. The molecule has 0 aliphatic heterocycles. The summed E-state index contributed by atoms with van der Waals surface area (Å²) in [7, 11) is -2.85. The molecule has 1 N–H and O–H groups in total. The minimum atomic E-state index is -4.26. The summed E-state index contributed by atoms with van der Waals surface area (Å²) in [4.78, 5) is 28.7. The van der Waals surface area contributed by atoms with E-state index in [9.17, 15) is 18.0 Å². The predicted octanol–water partition coefficient (Wildman–Crippen LogP) is 5.49. The normalized spacial score (nSPS) is 12.4. The standard InChI is InChI=1S/C31H38ClN3O5S/c1-21-11-14-26(15-12-21)41(38,39)35(27-18-25(32)13-16-28(27)40-7)20-29(36)34(19-24-10-8-9-22(2)17-24)23(3)30(37)33-31(4,5)6/h8-18,23H,19-20H2,1-7H3,(H,33,37)/t23-/m1/s1. The Labute approximate surface area is 248 Å². The number of ether oxygens (including phenoxy) is 1. The van der Waals surface area contributed by atoms with E-state index in [2.05, 4.69) is 5.32 Å². The lowest BCUT2D eigenvalue weighted by Crippen LogP contribution is -2.54. The zero-order chi connectivity index (χ0) is 30.5. The number of anilines is 1. The van der Waals surface area contributed by atoms with Crippen LogP contribution < -0.4 is 14.4 Å². The van der Waals surface area contributed by atoms with Crippen molar-refractivity contribution in [1.82, 2.24) is 10.2 Å². The molecule has 0 radical (unpaired) electrons. The Kier molecular flexibility index (Phi) is 10.1. The number of halogens is 1. The van der Waals surface area contributed by atoms with E-state index in [1.165, 1.54) is 30.2 Å². The Morgan fingerprint density at radius 2 is 1.63 bits per heavy atom. The van der Waals surface area contributed by atoms with Crippen LogP contribution in [-0.4, -0.2) is 50.4 Å². The SMILES string of the molecule is COc1ccc(Cl)cc1N(CC(=O)N(Cc1cccc(C)c1)[C@H](C)C(=O)NC(C)(C)C)S(=O)(=O)c1ccc(C)cc1. The molecule has 220 valence electrons. The molecule has 0 aromatic heterocycles. The van der Waals surface area contributed by atoms with E-state index in [-0.39, 0.29) is 33.8 Å². The number of rotatable bonds is 10. The second kappa shape index (κ2) is 13.0. The molecule has 0 fully saturated rings. The molecule has 0 heterocycles. The second-order valence-corrected chi connectivity index (χ2v) is 13.4. The summed E-state index contributed by atoms with van der Waals surface area (Å²) in [6.07, 6.45) is 0. The Hall–Kier alpha value is -3.56. The van der Waals surface area contributed by atoms with Crippen LogP contribution in [0.3, 0.4) is 0 Å². The van der Waals surface area contributed by atoms with Crippen molar-refractivity contribution in [2.24, 2.45) is 0 Å². The number of aryl methyl sites for hydroxylation is 2. The van der Waals surface area contributed by atoms with Gasteiger partial charge in [0.15, 0.2) is 0 Å². The van der Waals surface area contributed by atoms with Crippen molar-refractivity contribution in [3.8, 4) is 5.75 Å². The van der Waals surface area contributed by atoms with Crippen molar-refractivity contribution in [2.45, 2.75) is 64.6 Å². The van der Waals surface area contributed by atoms with Gasteiger partial charge >= 0.3 is 0 Å². The summed E-state index contributed by atoms with van der Waals surface area (Å²) in [5.74, 6) is -0.700. The van der Waals surface area contributed by atoms with Crippen LogP contribution in [0.1, 0.15) is 44.4 Å². The molecule has 10 heteroatoms. The van der Waals surface area contributed by atoms with E-state index in [0.29, 0.717) is 0 Å². The van der Waals surface area contributed by atoms with Gasteiger partial charge in [0.1, 0.15) is 18.3 Å². The van der Waals surface area contributed by atoms with E-state index < -0.39 is 34.1 Å². The predicted molar refractivity (Wildman–Crippen MR) is 163 cm³/mol. The van der Waals surface area contributed by atoms with Gasteiger partial charge in [-0.2, -0.15) is 0 Å². The van der Waals surface area contributed by atoms with E-state index in [1.807, 2.05) is 58.9 Å². The highest BCUT2D eigenvalue weighted by atomic mass is 35.5. The van der Waals surface area contributed by atoms with Crippen LogP contribution in [0.15, 0.2) is 71.6 Å². The fraction of sp³-hybridized carbons (Fsp3) is 0.355. The highest BCUT2D eigenvalue weighted by Crippen LogP contribution is 2.35. The zero-order valence-electron chi connectivity index (χ0n) is 24.6. The van der Waals surface area contributed by atoms with Crippen LogP contribution in [0.2, 0.25) is 5.02 Å². The number of hydrogen-bond donors (Lipinski definition) is 1. The summed E-state index contributed by atoms with van der Waals surface area (Å²) < 4.78 is 34.6. The van der Waals surface area contributed by atoms with Crippen molar-refractivity contribution >= 4 is 39.1 Å². The molecule has 3 rings (SSSR count). The summed E-state index contributed by atoms with van der Waals surface area (Å²) >= 11 is 6.28. The van der Waals surface area contributed by atoms with Gasteiger partial charge in [-0.05, 0) is 77.4 Å². The smallest absolute Gasteiger partial charge is 0.264 e. The van der Waals surface area contributed by atoms with Crippen LogP contribution in [-0.2, 0) is 26.2 Å². The van der Waals surface area contributed by atoms with E-state index in [1.54, 1.807) is 31.2 Å². The second-order valence-electron chi connectivity index (χ2n) is 11.1. The number of amides is 2. The van der Waals surface area contributed by atoms with Gasteiger partial charge in [0.2, 0.25) is 11.8 Å². The maximum Gasteiger partial charge on any atom is 0.264 e. The number of carbonyl (C=O) groups excluding carboxylic acids is 2. The lowest BCUT2D eigenvalue weighted by Gasteiger charge is -2.33. The zero-order valence-corrected chi connectivity index (χ0v) is 26.1. The van der Waals surface area contributed by atoms with Gasteiger partial charge in [0.25, 0.3) is 10.0 Å². The first-order valence-corrected chi connectivity index (χ1v) is 15.0. The molecule has 0 aliphatic carbocycles. The largest absolute Gasteiger partial charge is 0.495 e. The fourth-order valence-electron chi connectivity index (χ4n) is 4.27. The van der Waals surface area contributed by atoms with Crippen LogP contribution in [0.25, 0.3) is 0 Å². The third-order valence-electron chi connectivity index (χ3n) is 6.40. The number of sulfonamides is 1. The lowest BCUT2D eigenvalue weighted by molar-refractivity contribution is -0.140. The van der Waals surface area contributed by atoms with Gasteiger partial charge in [0.05, 0.1) is 17.7 Å². The molecular formula is C31H38ClN3O5S. The maximum atomic E-state index is 14.1. The monoisotopic (exact) mass is 599 g/mol. The average molecular weight is 600 g/mol. The third-order valence-corrected chi connectivity index (χ3v) is 8.41. The third kappa shape index (κ3) is 8.24. The molecule has 3 aromatic carbocycles. The molecule has 3 aromatic rings. The Morgan fingerprint density at radius 1 is 0.976 bits per heavy atom. The first-order chi connectivity index (χ1) is 19.1. The molecule has 8 nitrogen and oxygen atoms in total. The molecule has 0 saturated carbocycles. The number of methoxy groups -OCH3 is 1. The van der Waals surface area contributed by atoms with Crippen molar-refractivity contribution in [1.29, 1.82) is 0 Å². The van der Waals surface area contributed by atoms with Gasteiger partial charge in [-0.15, -0.1) is 0 Å². The van der Waals surface area contributed by atoms with Gasteiger partial charge < -0.3 is 15.0 Å². The Morgan fingerprint density at radius 3 is 2.22 bits per heavy atom. The van der Waals surface area contributed by atoms with Crippen molar-refractivity contribution in [3.63, 3.8) is 0 Å². The minimum Gasteiger partial charge on any atom is -0.495 e. The molecule has 2 amide bonds. The quantitative estimate of drug-likeness (QED) is 0.332. The summed E-state index contributed by atoms with van der Waals surface area (Å²) in [6.45, 7) is 10.5. The van der Waals surface area contributed by atoms with Crippen molar-refractivity contribution in [3.05, 3.63) is 88.4 Å². The van der Waals surface area contributed by atoms with Crippen molar-refractivity contribution < 1.29 is 22.7 Å². The van der Waals surface area contributed by atoms with Crippen LogP contribution in [0, 0.1) is 13.8 Å². The molecule has 0 saturated heterocycles. The lowest BCUT2D eigenvalue weighted by atomic mass is 10.1. The number of benzene rings is 3. The molecule has 0 spiro atoms. The molecule has 1 atom stereocenters. The Bertz CT molecular complexity index is 1500. The molecule has 0 aliphatic rings. The first kappa shape index (κ1) is 32.0. The number of nitrogens with one attached hydrogen (secondary N) is 1. The highest BCUT2D eigenvalue weighted by molar-refractivity contribution is 7.92. The van der Waals surface area contributed by atoms with Crippen LogP contribution in [0.5, 0.6) is 5.75 Å². The van der Waals surface area contributed by atoms with Crippen molar-refractivity contribution in [2.75, 3.05) is 18.0 Å². The van der Waals surface area contributed by atoms with Gasteiger partial charge in [0, 0.05) is 17.1 Å². The van der Waals surface area contributed by atoms with Gasteiger partial charge in [-0.25, -0.2) is 8.42 Å². The van der Waals surface area contributed by atoms with Gasteiger partial charge in [-0.1, -0.05) is 59.1 Å². The molecule has 0 bridgehead atoms.